The molecule has 0 unspecified atom stereocenters. The maximum absolute atomic E-state index is 10.9. The maximum Gasteiger partial charge on any atom is 0.255 e. The molecule has 31 heavy (non-hydrogen) atoms. The number of hydrogen-bond donors (Lipinski definition) is 2. The molecule has 2 N–H and O–H groups in total. The summed E-state index contributed by atoms with van der Waals surface area (Å²) in [5.74, 6) is 0.0968. The van der Waals surface area contributed by atoms with Gasteiger partial charge in [0.1, 0.15) is 5.69 Å². The summed E-state index contributed by atoms with van der Waals surface area (Å²) in [6, 6.07) is 18.7. The van der Waals surface area contributed by atoms with Gasteiger partial charge in [0.15, 0.2) is 11.5 Å². The zero-order chi connectivity index (χ0) is 22.0. The first-order valence-electron chi connectivity index (χ1n) is 9.71. The van der Waals surface area contributed by atoms with E-state index in [-0.39, 0.29) is 22.8 Å². The molecule has 8 heteroatoms. The van der Waals surface area contributed by atoms with Crippen LogP contribution in [-0.4, -0.2) is 25.1 Å². The van der Waals surface area contributed by atoms with E-state index in [4.69, 9.17) is 6.57 Å². The summed E-state index contributed by atoms with van der Waals surface area (Å²) >= 11 is 0. The molecule has 0 saturated carbocycles. The van der Waals surface area contributed by atoms with Gasteiger partial charge in [0.2, 0.25) is 5.88 Å². The van der Waals surface area contributed by atoms with Crippen molar-refractivity contribution in [2.75, 3.05) is 0 Å². The van der Waals surface area contributed by atoms with Gasteiger partial charge in [-0.25, -0.2) is 4.85 Å². The first-order chi connectivity index (χ1) is 14.9. The van der Waals surface area contributed by atoms with Crippen LogP contribution in [0, 0.1) is 6.57 Å². The van der Waals surface area contributed by atoms with Crippen molar-refractivity contribution in [2.24, 2.45) is 10.2 Å². The Morgan fingerprint density at radius 3 is 2.26 bits per heavy atom. The van der Waals surface area contributed by atoms with Crippen molar-refractivity contribution in [1.82, 2.24) is 20.0 Å². The summed E-state index contributed by atoms with van der Waals surface area (Å²) in [7, 11) is 0. The first-order valence-corrected chi connectivity index (χ1v) is 9.71. The van der Waals surface area contributed by atoms with Crippen molar-refractivity contribution in [1.29, 1.82) is 0 Å². The van der Waals surface area contributed by atoms with Crippen LogP contribution in [0.25, 0.3) is 21.8 Å². The highest BCUT2D eigenvalue weighted by Crippen LogP contribution is 2.42. The highest BCUT2D eigenvalue weighted by Gasteiger charge is 2.25. The van der Waals surface area contributed by atoms with Crippen LogP contribution in [0.15, 0.2) is 70.9 Å². The van der Waals surface area contributed by atoms with Crippen molar-refractivity contribution in [3.05, 3.63) is 77.8 Å². The van der Waals surface area contributed by atoms with Crippen molar-refractivity contribution in [2.45, 2.75) is 26.2 Å². The number of aromatic amines is 1. The molecular formula is C23H21N7O. The highest BCUT2D eigenvalue weighted by molar-refractivity contribution is 5.76. The van der Waals surface area contributed by atoms with Gasteiger partial charge in [0.05, 0.1) is 18.0 Å². The first kappa shape index (κ1) is 20.0. The third kappa shape index (κ3) is 3.81. The summed E-state index contributed by atoms with van der Waals surface area (Å²) in [6.07, 6.45) is 0. The van der Waals surface area contributed by atoms with Crippen molar-refractivity contribution >= 4 is 17.2 Å². The van der Waals surface area contributed by atoms with Gasteiger partial charge in [-0.15, -0.1) is 10.2 Å². The lowest BCUT2D eigenvalue weighted by molar-refractivity contribution is 0.434. The average Bonchev–Trinajstić information content (AvgIpc) is 3.34. The quantitative estimate of drug-likeness (QED) is 0.308. The van der Waals surface area contributed by atoms with Crippen LogP contribution >= 0.6 is 0 Å². The summed E-state index contributed by atoms with van der Waals surface area (Å²) in [5.41, 5.74) is 2.77. The summed E-state index contributed by atoms with van der Waals surface area (Å²) in [4.78, 5) is 3.58. The van der Waals surface area contributed by atoms with Gasteiger partial charge in [0.25, 0.3) is 5.69 Å². The second kappa shape index (κ2) is 7.88. The molecule has 0 aliphatic carbocycles. The van der Waals surface area contributed by atoms with Crippen LogP contribution in [0.5, 0.6) is 5.88 Å². The van der Waals surface area contributed by atoms with Crippen LogP contribution in [0.4, 0.5) is 17.2 Å². The van der Waals surface area contributed by atoms with E-state index in [0.29, 0.717) is 22.8 Å². The Labute approximate surface area is 179 Å². The minimum Gasteiger partial charge on any atom is -0.492 e. The monoisotopic (exact) mass is 411 g/mol. The molecule has 8 nitrogen and oxygen atoms in total. The highest BCUT2D eigenvalue weighted by atomic mass is 16.3. The Morgan fingerprint density at radius 1 is 1.00 bits per heavy atom. The molecule has 154 valence electrons. The Hall–Kier alpha value is -4.25. The molecule has 0 fully saturated rings. The number of nitrogens with zero attached hydrogens (tertiary/aromatic N) is 6. The number of nitrogens with one attached hydrogen (secondary N) is 1. The lowest BCUT2D eigenvalue weighted by Gasteiger charge is -2.15. The predicted molar refractivity (Wildman–Crippen MR) is 118 cm³/mol. The van der Waals surface area contributed by atoms with E-state index < -0.39 is 0 Å². The van der Waals surface area contributed by atoms with Gasteiger partial charge in [0, 0.05) is 5.56 Å². The number of aromatic nitrogens is 4. The normalized spacial score (nSPS) is 11.7. The number of para-hydroxylation sites is 1. The van der Waals surface area contributed by atoms with Gasteiger partial charge >= 0.3 is 0 Å². The smallest absolute Gasteiger partial charge is 0.255 e. The summed E-state index contributed by atoms with van der Waals surface area (Å²) in [5, 5.41) is 31.0. The molecular weight excluding hydrogens is 390 g/mol. The number of hydrogen-bond acceptors (Lipinski definition) is 5. The van der Waals surface area contributed by atoms with Crippen LogP contribution in [0.2, 0.25) is 0 Å². The fraction of sp³-hybridized carbons (Fsp3) is 0.174. The molecule has 0 aliphatic heterocycles. The fourth-order valence-electron chi connectivity index (χ4n) is 3.16. The Morgan fingerprint density at radius 2 is 1.65 bits per heavy atom. The molecule has 4 rings (SSSR count). The Bertz CT molecular complexity index is 1270. The Balaban J connectivity index is 1.84. The third-order valence-corrected chi connectivity index (χ3v) is 4.68. The molecule has 0 spiro atoms. The van der Waals surface area contributed by atoms with Gasteiger partial charge in [-0.3, -0.25) is 5.10 Å². The number of rotatable bonds is 4. The predicted octanol–water partition coefficient (Wildman–Crippen LogP) is 6.23. The minimum atomic E-state index is -0.320. The Kier molecular flexibility index (Phi) is 5.09. The zero-order valence-corrected chi connectivity index (χ0v) is 17.4. The van der Waals surface area contributed by atoms with Crippen molar-refractivity contribution in [3.63, 3.8) is 0 Å². The van der Waals surface area contributed by atoms with Crippen molar-refractivity contribution < 1.29 is 5.11 Å². The molecule has 0 amide bonds. The lowest BCUT2D eigenvalue weighted by atomic mass is 9.91. The SMILES string of the molecule is [C-]#[N+]c1c(C(C)(C)C)n[nH]c1/N=N/c1c(-c2ccccc2)nn(-c2ccccc2)c1O. The van der Waals surface area contributed by atoms with Gasteiger partial charge in [-0.1, -0.05) is 69.3 Å². The van der Waals surface area contributed by atoms with Crippen LogP contribution in [0.3, 0.4) is 0 Å². The standard InChI is InChI=1S/C23H21N7O/c1-23(2,3)20-19(24-4)21(28-26-20)27-25-18-17(15-11-7-5-8-12-15)29-30(22(18)31)16-13-9-6-10-14-16/h5-14,31H,1-3H3,(H,26,28)/b27-25+. The second-order valence-corrected chi connectivity index (χ2v) is 7.97. The largest absolute Gasteiger partial charge is 0.492 e. The lowest BCUT2D eigenvalue weighted by Crippen LogP contribution is -2.11. The number of aromatic hydroxyl groups is 1. The van der Waals surface area contributed by atoms with E-state index in [9.17, 15) is 5.11 Å². The van der Waals surface area contributed by atoms with Crippen LogP contribution in [0.1, 0.15) is 26.5 Å². The topological polar surface area (TPSA) is 95.8 Å². The molecule has 0 aliphatic rings. The number of benzene rings is 2. The fourth-order valence-corrected chi connectivity index (χ4v) is 3.16. The number of H-pyrrole nitrogens is 1. The van der Waals surface area contributed by atoms with E-state index in [1.165, 1.54) is 4.68 Å². The molecule has 0 radical (unpaired) electrons. The third-order valence-electron chi connectivity index (χ3n) is 4.68. The molecule has 2 aromatic heterocycles. The van der Waals surface area contributed by atoms with Crippen LogP contribution in [-0.2, 0) is 5.41 Å². The molecule has 2 aromatic carbocycles. The molecule has 2 heterocycles. The van der Waals surface area contributed by atoms with Gasteiger partial charge in [-0.2, -0.15) is 14.9 Å². The maximum atomic E-state index is 10.9. The molecule has 0 atom stereocenters. The van der Waals surface area contributed by atoms with E-state index >= 15 is 0 Å². The van der Waals surface area contributed by atoms with Crippen LogP contribution < -0.4 is 0 Å². The summed E-state index contributed by atoms with van der Waals surface area (Å²) in [6.45, 7) is 13.5. The summed E-state index contributed by atoms with van der Waals surface area (Å²) < 4.78 is 1.42. The van der Waals surface area contributed by atoms with Gasteiger partial charge in [-0.05, 0) is 17.5 Å². The average molecular weight is 411 g/mol. The van der Waals surface area contributed by atoms with E-state index in [0.717, 1.165) is 5.56 Å². The zero-order valence-electron chi connectivity index (χ0n) is 17.4. The van der Waals surface area contributed by atoms with Crippen molar-refractivity contribution in [3.8, 4) is 22.8 Å². The molecule has 0 saturated heterocycles. The van der Waals surface area contributed by atoms with E-state index in [2.05, 4.69) is 30.4 Å². The molecule has 4 aromatic rings. The minimum absolute atomic E-state index is 0.145. The van der Waals surface area contributed by atoms with Gasteiger partial charge < -0.3 is 5.11 Å². The number of azo groups is 1. The van der Waals surface area contributed by atoms with E-state index in [1.54, 1.807) is 0 Å². The van der Waals surface area contributed by atoms with E-state index in [1.807, 2.05) is 81.4 Å². The molecule has 0 bridgehead atoms. The second-order valence-electron chi connectivity index (χ2n) is 7.97.